The Morgan fingerprint density at radius 2 is 1.65 bits per heavy atom. The number of carbonyl (C=O) groups excluding carboxylic acids is 2. The van der Waals surface area contributed by atoms with Gasteiger partial charge in [-0.3, -0.25) is 14.5 Å². The maximum Gasteiger partial charge on any atom is 0.261 e. The highest BCUT2D eigenvalue weighted by Gasteiger charge is 2.48. The maximum absolute atomic E-state index is 12.7. The summed E-state index contributed by atoms with van der Waals surface area (Å²) in [6.07, 6.45) is 1.89. The van der Waals surface area contributed by atoms with Gasteiger partial charge in [0.25, 0.3) is 11.8 Å². The van der Waals surface area contributed by atoms with E-state index in [9.17, 15) is 9.59 Å². The molecule has 0 N–H and O–H groups in total. The number of rotatable bonds is 4. The van der Waals surface area contributed by atoms with E-state index in [1.165, 1.54) is 4.90 Å². The zero-order valence-corrected chi connectivity index (χ0v) is 13.3. The predicted molar refractivity (Wildman–Crippen MR) is 87.5 cm³/mol. The lowest BCUT2D eigenvalue weighted by Gasteiger charge is -2.27. The van der Waals surface area contributed by atoms with Gasteiger partial charge in [0, 0.05) is 23.1 Å². The fourth-order valence-corrected chi connectivity index (χ4v) is 3.50. The maximum atomic E-state index is 12.7. The molecule has 1 fully saturated rings. The SMILES string of the molecule is CC1OC1(C)CCCN1C(=O)c2cccc3cccc(c23)C1=O. The zero-order chi connectivity index (χ0) is 16.2. The van der Waals surface area contributed by atoms with Crippen molar-refractivity contribution < 1.29 is 14.3 Å². The number of epoxide rings is 1. The molecule has 0 radical (unpaired) electrons. The van der Waals surface area contributed by atoms with Gasteiger partial charge in [0.1, 0.15) is 0 Å². The minimum atomic E-state index is -0.186. The Morgan fingerprint density at radius 1 is 1.09 bits per heavy atom. The van der Waals surface area contributed by atoms with E-state index in [-0.39, 0.29) is 23.5 Å². The molecule has 0 saturated carbocycles. The Bertz CT molecular complexity index is 778. The smallest absolute Gasteiger partial charge is 0.261 e. The molecule has 0 aromatic heterocycles. The van der Waals surface area contributed by atoms with Crippen LogP contribution in [-0.4, -0.2) is 35.0 Å². The Labute approximate surface area is 135 Å². The Hall–Kier alpha value is -2.20. The lowest BCUT2D eigenvalue weighted by molar-refractivity contribution is 0.0604. The molecule has 1 saturated heterocycles. The standard InChI is InChI=1S/C19H19NO3/c1-12-19(2,23-12)10-5-11-20-17(21)14-8-3-6-13-7-4-9-15(16(13)14)18(20)22/h3-4,6-9,12H,5,10-11H2,1-2H3. The second-order valence-electron chi connectivity index (χ2n) is 6.65. The van der Waals surface area contributed by atoms with E-state index < -0.39 is 0 Å². The number of amides is 2. The number of imide groups is 1. The first-order chi connectivity index (χ1) is 11.0. The molecule has 0 bridgehead atoms. The van der Waals surface area contributed by atoms with Gasteiger partial charge in [-0.2, -0.15) is 0 Å². The van der Waals surface area contributed by atoms with Crippen LogP contribution in [0.5, 0.6) is 0 Å². The number of hydrogen-bond donors (Lipinski definition) is 0. The second-order valence-corrected chi connectivity index (χ2v) is 6.65. The highest BCUT2D eigenvalue weighted by molar-refractivity contribution is 6.25. The third kappa shape index (κ3) is 2.17. The lowest BCUT2D eigenvalue weighted by Crippen LogP contribution is -2.41. The van der Waals surface area contributed by atoms with E-state index in [0.29, 0.717) is 17.7 Å². The summed E-state index contributed by atoms with van der Waals surface area (Å²) in [6.45, 7) is 4.57. The summed E-state index contributed by atoms with van der Waals surface area (Å²) in [7, 11) is 0. The molecule has 0 spiro atoms. The van der Waals surface area contributed by atoms with Crippen molar-refractivity contribution in [2.75, 3.05) is 6.54 Å². The fourth-order valence-electron chi connectivity index (χ4n) is 3.50. The number of ether oxygens (including phenoxy) is 1. The fraction of sp³-hybridized carbons (Fsp3) is 0.368. The van der Waals surface area contributed by atoms with Gasteiger partial charge < -0.3 is 4.74 Å². The molecule has 2 aromatic carbocycles. The summed E-state index contributed by atoms with van der Waals surface area (Å²) < 4.78 is 5.56. The minimum absolute atomic E-state index is 0.0835. The molecule has 2 aliphatic heterocycles. The van der Waals surface area contributed by atoms with Gasteiger partial charge in [0.15, 0.2) is 0 Å². The van der Waals surface area contributed by atoms with Crippen molar-refractivity contribution in [2.45, 2.75) is 38.4 Å². The average Bonchev–Trinajstić information content (AvgIpc) is 3.15. The third-order valence-electron chi connectivity index (χ3n) is 5.16. The van der Waals surface area contributed by atoms with Crippen molar-refractivity contribution in [3.8, 4) is 0 Å². The summed E-state index contributed by atoms with van der Waals surface area (Å²) in [5.41, 5.74) is 1.17. The van der Waals surface area contributed by atoms with Crippen molar-refractivity contribution in [3.63, 3.8) is 0 Å². The molecular weight excluding hydrogens is 290 g/mol. The second kappa shape index (κ2) is 4.90. The number of hydrogen-bond acceptors (Lipinski definition) is 3. The van der Waals surface area contributed by atoms with Crippen LogP contribution in [0.25, 0.3) is 10.8 Å². The van der Waals surface area contributed by atoms with Crippen LogP contribution in [0.2, 0.25) is 0 Å². The molecule has 2 aromatic rings. The summed E-state index contributed by atoms with van der Waals surface area (Å²) >= 11 is 0. The van der Waals surface area contributed by atoms with E-state index in [4.69, 9.17) is 4.74 Å². The summed E-state index contributed by atoms with van der Waals surface area (Å²) in [5, 5.41) is 1.72. The molecular formula is C19H19NO3. The molecule has 2 heterocycles. The van der Waals surface area contributed by atoms with Crippen LogP contribution >= 0.6 is 0 Å². The predicted octanol–water partition coefficient (Wildman–Crippen LogP) is 3.39. The van der Waals surface area contributed by atoms with Gasteiger partial charge in [-0.05, 0) is 44.2 Å². The quantitative estimate of drug-likeness (QED) is 0.642. The highest BCUT2D eigenvalue weighted by atomic mass is 16.6. The van der Waals surface area contributed by atoms with Gasteiger partial charge in [0.2, 0.25) is 0 Å². The van der Waals surface area contributed by atoms with Gasteiger partial charge in [-0.1, -0.05) is 24.3 Å². The van der Waals surface area contributed by atoms with Crippen LogP contribution in [0.4, 0.5) is 0 Å². The summed E-state index contributed by atoms with van der Waals surface area (Å²) in [4.78, 5) is 26.8. The van der Waals surface area contributed by atoms with E-state index in [0.717, 1.165) is 23.6 Å². The number of benzene rings is 2. The molecule has 4 rings (SSSR count). The zero-order valence-electron chi connectivity index (χ0n) is 13.3. The Kier molecular flexibility index (Phi) is 3.07. The van der Waals surface area contributed by atoms with Crippen molar-refractivity contribution >= 4 is 22.6 Å². The molecule has 2 aliphatic rings. The molecule has 2 atom stereocenters. The first kappa shape index (κ1) is 14.4. The van der Waals surface area contributed by atoms with Gasteiger partial charge >= 0.3 is 0 Å². The van der Waals surface area contributed by atoms with Crippen LogP contribution in [0.15, 0.2) is 36.4 Å². The molecule has 2 amide bonds. The van der Waals surface area contributed by atoms with E-state index >= 15 is 0 Å². The highest BCUT2D eigenvalue weighted by Crippen LogP contribution is 2.40. The van der Waals surface area contributed by atoms with Crippen LogP contribution in [0.1, 0.15) is 47.4 Å². The molecule has 0 aliphatic carbocycles. The number of carbonyl (C=O) groups is 2. The van der Waals surface area contributed by atoms with Crippen molar-refractivity contribution in [2.24, 2.45) is 0 Å². The molecule has 118 valence electrons. The van der Waals surface area contributed by atoms with Gasteiger partial charge in [0.05, 0.1) is 11.7 Å². The summed E-state index contributed by atoms with van der Waals surface area (Å²) in [5.74, 6) is -0.372. The number of nitrogens with zero attached hydrogens (tertiary/aromatic N) is 1. The molecule has 23 heavy (non-hydrogen) atoms. The Balaban J connectivity index is 1.61. The molecule has 2 unspecified atom stereocenters. The van der Waals surface area contributed by atoms with Crippen molar-refractivity contribution in [1.82, 2.24) is 4.90 Å². The van der Waals surface area contributed by atoms with Gasteiger partial charge in [-0.15, -0.1) is 0 Å². The van der Waals surface area contributed by atoms with Gasteiger partial charge in [-0.25, -0.2) is 0 Å². The van der Waals surface area contributed by atoms with E-state index in [1.807, 2.05) is 31.2 Å². The van der Waals surface area contributed by atoms with Crippen LogP contribution < -0.4 is 0 Å². The average molecular weight is 309 g/mol. The van der Waals surface area contributed by atoms with Crippen LogP contribution in [-0.2, 0) is 4.74 Å². The van der Waals surface area contributed by atoms with Crippen molar-refractivity contribution in [1.29, 1.82) is 0 Å². The lowest BCUT2D eigenvalue weighted by atomic mass is 9.93. The van der Waals surface area contributed by atoms with Crippen LogP contribution in [0, 0.1) is 0 Å². The largest absolute Gasteiger partial charge is 0.367 e. The topological polar surface area (TPSA) is 49.9 Å². The Morgan fingerprint density at radius 3 is 2.17 bits per heavy atom. The first-order valence-electron chi connectivity index (χ1n) is 8.07. The normalized spacial score (nSPS) is 26.0. The molecule has 4 nitrogen and oxygen atoms in total. The van der Waals surface area contributed by atoms with E-state index in [1.54, 1.807) is 12.1 Å². The van der Waals surface area contributed by atoms with Crippen LogP contribution in [0.3, 0.4) is 0 Å². The first-order valence-corrected chi connectivity index (χ1v) is 8.07. The monoisotopic (exact) mass is 309 g/mol. The summed E-state index contributed by atoms with van der Waals surface area (Å²) in [6, 6.07) is 11.2. The van der Waals surface area contributed by atoms with Crippen molar-refractivity contribution in [3.05, 3.63) is 47.5 Å². The minimum Gasteiger partial charge on any atom is -0.367 e. The molecule has 4 heteroatoms. The third-order valence-corrected chi connectivity index (χ3v) is 5.16. The van der Waals surface area contributed by atoms with E-state index in [2.05, 4.69) is 6.92 Å².